The summed E-state index contributed by atoms with van der Waals surface area (Å²) < 4.78 is 20.1. The number of hydrogen-bond donors (Lipinski definition) is 2. The number of nitrogens with one attached hydrogen (secondary N) is 1. The fraction of sp³-hybridized carbons (Fsp3) is 0.250. The van der Waals surface area contributed by atoms with Crippen LogP contribution in [0.1, 0.15) is 41.7 Å². The van der Waals surface area contributed by atoms with Gasteiger partial charge in [-0.15, -0.1) is 0 Å². The minimum atomic E-state index is -0.899. The summed E-state index contributed by atoms with van der Waals surface area (Å²) in [7, 11) is 0. The first-order valence-electron chi connectivity index (χ1n) is 8.92. The standard InChI is InChI=1S/C20H18ClFN4O2/c21-13-4-7-17(24-10-13)18(27)25-14-5-6-16(22)15(9-14)20-8-2-1-3-12(20)11-28-19(23)26-20/h4-7,9-11H,1-3,8H2,(H2,23,26)(H,25,27)/t20-/m0/s1. The van der Waals surface area contributed by atoms with Crippen LogP contribution in [-0.2, 0) is 10.3 Å². The van der Waals surface area contributed by atoms with Gasteiger partial charge in [0.05, 0.1) is 11.3 Å². The lowest BCUT2D eigenvalue weighted by Gasteiger charge is -2.38. The van der Waals surface area contributed by atoms with E-state index in [1.165, 1.54) is 24.4 Å². The highest BCUT2D eigenvalue weighted by Gasteiger charge is 2.42. The maximum atomic E-state index is 14.8. The first-order valence-corrected chi connectivity index (χ1v) is 9.30. The van der Waals surface area contributed by atoms with E-state index in [1.807, 2.05) is 0 Å². The van der Waals surface area contributed by atoms with E-state index in [1.54, 1.807) is 18.4 Å². The molecule has 0 saturated heterocycles. The number of nitrogens with zero attached hydrogens (tertiary/aromatic N) is 2. The molecular weight excluding hydrogens is 383 g/mol. The predicted octanol–water partition coefficient (Wildman–Crippen LogP) is 4.12. The van der Waals surface area contributed by atoms with Gasteiger partial charge in [-0.25, -0.2) is 14.4 Å². The molecule has 1 aliphatic carbocycles. The zero-order valence-electron chi connectivity index (χ0n) is 14.9. The number of carbonyl (C=O) groups excluding carboxylic acids is 1. The number of anilines is 1. The molecule has 2 aromatic rings. The lowest BCUT2D eigenvalue weighted by Crippen LogP contribution is -2.37. The fourth-order valence-corrected chi connectivity index (χ4v) is 3.80. The van der Waals surface area contributed by atoms with E-state index in [9.17, 15) is 9.18 Å². The number of benzene rings is 1. The highest BCUT2D eigenvalue weighted by atomic mass is 35.5. The van der Waals surface area contributed by atoms with Crippen LogP contribution in [0.15, 0.2) is 53.4 Å². The predicted molar refractivity (Wildman–Crippen MR) is 105 cm³/mol. The summed E-state index contributed by atoms with van der Waals surface area (Å²) in [4.78, 5) is 20.9. The molecule has 0 bridgehead atoms. The number of amides is 1. The van der Waals surface area contributed by atoms with Crippen molar-refractivity contribution >= 4 is 29.2 Å². The third-order valence-electron chi connectivity index (χ3n) is 5.02. The van der Waals surface area contributed by atoms with Gasteiger partial charge in [-0.3, -0.25) is 4.79 Å². The first-order chi connectivity index (χ1) is 13.5. The van der Waals surface area contributed by atoms with Crippen molar-refractivity contribution in [2.45, 2.75) is 31.2 Å². The highest BCUT2D eigenvalue weighted by Crippen LogP contribution is 2.47. The summed E-state index contributed by atoms with van der Waals surface area (Å²) in [6.45, 7) is 0. The quantitative estimate of drug-likeness (QED) is 0.810. The minimum absolute atomic E-state index is 0.00449. The van der Waals surface area contributed by atoms with Crippen molar-refractivity contribution < 1.29 is 13.9 Å². The number of amidine groups is 1. The number of rotatable bonds is 3. The Hall–Kier alpha value is -2.93. The molecular formula is C20H18ClFN4O2. The zero-order valence-corrected chi connectivity index (χ0v) is 15.7. The molecule has 1 saturated carbocycles. The molecule has 0 unspecified atom stereocenters. The van der Waals surface area contributed by atoms with Crippen LogP contribution >= 0.6 is 11.6 Å². The van der Waals surface area contributed by atoms with Gasteiger partial charge in [0, 0.05) is 17.4 Å². The summed E-state index contributed by atoms with van der Waals surface area (Å²) >= 11 is 5.80. The third kappa shape index (κ3) is 3.33. The number of pyridine rings is 1. The Morgan fingerprint density at radius 3 is 2.93 bits per heavy atom. The van der Waals surface area contributed by atoms with Gasteiger partial charge in [0.25, 0.3) is 11.9 Å². The molecule has 6 nitrogen and oxygen atoms in total. The van der Waals surface area contributed by atoms with Gasteiger partial charge in [0.1, 0.15) is 17.1 Å². The molecule has 3 N–H and O–H groups in total. The van der Waals surface area contributed by atoms with Gasteiger partial charge < -0.3 is 15.8 Å². The lowest BCUT2D eigenvalue weighted by molar-refractivity contribution is 0.102. The van der Waals surface area contributed by atoms with Gasteiger partial charge in [0.15, 0.2) is 0 Å². The maximum absolute atomic E-state index is 14.8. The zero-order chi connectivity index (χ0) is 19.7. The van der Waals surface area contributed by atoms with Crippen molar-refractivity contribution in [1.29, 1.82) is 0 Å². The molecule has 2 heterocycles. The Morgan fingerprint density at radius 2 is 2.14 bits per heavy atom. The Morgan fingerprint density at radius 1 is 1.29 bits per heavy atom. The van der Waals surface area contributed by atoms with E-state index in [0.717, 1.165) is 24.8 Å². The summed E-state index contributed by atoms with van der Waals surface area (Å²) in [5.74, 6) is -0.824. The van der Waals surface area contributed by atoms with Gasteiger partial charge in [-0.1, -0.05) is 18.0 Å². The van der Waals surface area contributed by atoms with Crippen molar-refractivity contribution in [3.8, 4) is 0 Å². The Bertz CT molecular complexity index is 990. The van der Waals surface area contributed by atoms with Crippen LogP contribution in [0.2, 0.25) is 5.02 Å². The average molecular weight is 401 g/mol. The molecule has 8 heteroatoms. The summed E-state index contributed by atoms with van der Waals surface area (Å²) in [5, 5.41) is 3.18. The number of hydrogen-bond acceptors (Lipinski definition) is 5. The fourth-order valence-electron chi connectivity index (χ4n) is 3.69. The van der Waals surface area contributed by atoms with Crippen LogP contribution in [0.4, 0.5) is 10.1 Å². The largest absolute Gasteiger partial charge is 0.434 e. The normalized spacial score (nSPS) is 21.1. The number of aliphatic imine (C=N–C) groups is 1. The minimum Gasteiger partial charge on any atom is -0.434 e. The van der Waals surface area contributed by atoms with Crippen LogP contribution < -0.4 is 11.1 Å². The van der Waals surface area contributed by atoms with E-state index in [4.69, 9.17) is 22.1 Å². The second-order valence-electron chi connectivity index (χ2n) is 6.79. The van der Waals surface area contributed by atoms with Gasteiger partial charge in [0.2, 0.25) is 0 Å². The van der Waals surface area contributed by atoms with Crippen molar-refractivity contribution in [2.24, 2.45) is 10.7 Å². The topological polar surface area (TPSA) is 89.6 Å². The van der Waals surface area contributed by atoms with Crippen LogP contribution in [0.3, 0.4) is 0 Å². The maximum Gasteiger partial charge on any atom is 0.288 e. The van der Waals surface area contributed by atoms with Crippen molar-refractivity contribution in [3.63, 3.8) is 0 Å². The summed E-state index contributed by atoms with van der Waals surface area (Å²) in [5.41, 5.74) is 6.80. The molecule has 1 fully saturated rings. The smallest absolute Gasteiger partial charge is 0.288 e. The SMILES string of the molecule is NC1=N[C@@]2(c3cc(NC(=O)c4ccc(Cl)cn4)ccc3F)CCCCC2=CO1. The second-order valence-corrected chi connectivity index (χ2v) is 7.23. The Kier molecular flexibility index (Phi) is 4.77. The van der Waals surface area contributed by atoms with Crippen molar-refractivity contribution in [3.05, 3.63) is 70.5 Å². The Labute approximate surface area is 166 Å². The van der Waals surface area contributed by atoms with Gasteiger partial charge >= 0.3 is 0 Å². The monoisotopic (exact) mass is 400 g/mol. The molecule has 0 radical (unpaired) electrons. The molecule has 1 aromatic carbocycles. The summed E-state index contributed by atoms with van der Waals surface area (Å²) in [6, 6.07) is 7.53. The van der Waals surface area contributed by atoms with Gasteiger partial charge in [-0.2, -0.15) is 0 Å². The van der Waals surface area contributed by atoms with Crippen LogP contribution in [0, 0.1) is 5.82 Å². The van der Waals surface area contributed by atoms with E-state index in [0.29, 0.717) is 22.7 Å². The molecule has 0 spiro atoms. The highest BCUT2D eigenvalue weighted by molar-refractivity contribution is 6.30. The van der Waals surface area contributed by atoms with Crippen LogP contribution in [0.5, 0.6) is 0 Å². The van der Waals surface area contributed by atoms with Crippen LogP contribution in [-0.4, -0.2) is 16.9 Å². The molecule has 144 valence electrons. The molecule has 1 aliphatic heterocycles. The van der Waals surface area contributed by atoms with Crippen molar-refractivity contribution in [2.75, 3.05) is 5.32 Å². The number of halogens is 2. The lowest BCUT2D eigenvalue weighted by atomic mass is 9.73. The number of fused-ring (bicyclic) bond motifs is 1. The second kappa shape index (κ2) is 7.24. The van der Waals surface area contributed by atoms with E-state index < -0.39 is 17.3 Å². The third-order valence-corrected chi connectivity index (χ3v) is 5.24. The molecule has 28 heavy (non-hydrogen) atoms. The van der Waals surface area contributed by atoms with E-state index >= 15 is 0 Å². The van der Waals surface area contributed by atoms with E-state index in [-0.39, 0.29) is 11.7 Å². The van der Waals surface area contributed by atoms with Crippen molar-refractivity contribution in [1.82, 2.24) is 4.98 Å². The molecule has 4 rings (SSSR count). The molecule has 1 aromatic heterocycles. The summed E-state index contributed by atoms with van der Waals surface area (Å²) in [6.07, 6.45) is 6.21. The number of aromatic nitrogens is 1. The molecule has 1 atom stereocenters. The van der Waals surface area contributed by atoms with Crippen LogP contribution in [0.25, 0.3) is 0 Å². The average Bonchev–Trinajstić information content (AvgIpc) is 2.69. The molecule has 1 amide bonds. The van der Waals surface area contributed by atoms with E-state index in [2.05, 4.69) is 15.3 Å². The number of nitrogens with two attached hydrogens (primary N) is 1. The first kappa shape index (κ1) is 18.4. The molecule has 2 aliphatic rings. The van der Waals surface area contributed by atoms with Gasteiger partial charge in [-0.05, 0) is 55.2 Å². The number of carbonyl (C=O) groups is 1. The number of ether oxygens (including phenoxy) is 1. The Balaban J connectivity index is 1.69.